The third-order valence-corrected chi connectivity index (χ3v) is 5.33. The Labute approximate surface area is 161 Å². The van der Waals surface area contributed by atoms with Gasteiger partial charge in [-0.1, -0.05) is 30.3 Å². The second-order valence-electron chi connectivity index (χ2n) is 7.82. The molecule has 0 unspecified atom stereocenters. The van der Waals surface area contributed by atoms with Gasteiger partial charge in [-0.2, -0.15) is 5.10 Å². The van der Waals surface area contributed by atoms with Gasteiger partial charge in [-0.25, -0.2) is 18.3 Å². The molecule has 5 nitrogen and oxygen atoms in total. The predicted octanol–water partition coefficient (Wildman–Crippen LogP) is 3.37. The number of ketones is 1. The van der Waals surface area contributed by atoms with Crippen LogP contribution < -0.4 is 0 Å². The minimum Gasteiger partial charge on any atom is -0.299 e. The van der Waals surface area contributed by atoms with Crippen LogP contribution in [0.15, 0.2) is 42.5 Å². The zero-order valence-corrected chi connectivity index (χ0v) is 15.3. The zero-order valence-electron chi connectivity index (χ0n) is 15.3. The Hall–Kier alpha value is -2.67. The Balaban J connectivity index is 1.36. The predicted molar refractivity (Wildman–Crippen MR) is 100 cm³/mol. The highest BCUT2D eigenvalue weighted by atomic mass is 19.3. The van der Waals surface area contributed by atoms with Crippen LogP contribution in [-0.2, 0) is 17.8 Å². The molecule has 1 aromatic carbocycles. The molecule has 0 radical (unpaired) electrons. The summed E-state index contributed by atoms with van der Waals surface area (Å²) in [4.78, 5) is 18.3. The van der Waals surface area contributed by atoms with Gasteiger partial charge in [0.15, 0.2) is 11.5 Å². The molecule has 2 aromatic heterocycles. The lowest BCUT2D eigenvalue weighted by Crippen LogP contribution is -2.55. The molecule has 1 saturated heterocycles. The van der Waals surface area contributed by atoms with Crippen molar-refractivity contribution in [2.24, 2.45) is 5.92 Å². The van der Waals surface area contributed by atoms with Crippen molar-refractivity contribution in [2.45, 2.75) is 31.7 Å². The van der Waals surface area contributed by atoms with Gasteiger partial charge in [0.1, 0.15) is 5.78 Å². The maximum atomic E-state index is 13.0. The topological polar surface area (TPSA) is 50.5 Å². The van der Waals surface area contributed by atoms with Gasteiger partial charge in [-0.3, -0.25) is 9.69 Å². The first kappa shape index (κ1) is 17.4. The van der Waals surface area contributed by atoms with E-state index in [-0.39, 0.29) is 31.2 Å². The smallest absolute Gasteiger partial charge is 0.272 e. The molecule has 7 heteroatoms. The summed E-state index contributed by atoms with van der Waals surface area (Å²) in [6.07, 6.45) is 2.25. The minimum absolute atomic E-state index is 0.171. The van der Waals surface area contributed by atoms with Crippen molar-refractivity contribution in [2.75, 3.05) is 13.1 Å². The Morgan fingerprint density at radius 2 is 1.86 bits per heavy atom. The summed E-state index contributed by atoms with van der Waals surface area (Å²) in [6, 6.07) is 13.6. The fourth-order valence-corrected chi connectivity index (χ4v) is 3.71. The van der Waals surface area contributed by atoms with E-state index in [0.717, 1.165) is 29.7 Å². The van der Waals surface area contributed by atoms with Gasteiger partial charge in [0, 0.05) is 18.0 Å². The normalized spacial score (nSPS) is 18.9. The molecule has 3 aromatic rings. The number of carbonyl (C=O) groups is 1. The molecule has 5 rings (SSSR count). The number of aromatic nitrogens is 3. The van der Waals surface area contributed by atoms with E-state index >= 15 is 0 Å². The largest absolute Gasteiger partial charge is 0.299 e. The van der Waals surface area contributed by atoms with Crippen molar-refractivity contribution in [1.29, 1.82) is 0 Å². The number of alkyl halides is 2. The first-order valence-electron chi connectivity index (χ1n) is 9.54. The molecule has 0 atom stereocenters. The standard InChI is InChI=1S/C21H20F2N4O/c22-21(23)12-26(13-21)11-14-4-6-15(7-5-14)17-2-1-3-20-24-19(25-27(17)20)10-18(28)16-8-9-16/h1-7,16H,8-13H2. The Morgan fingerprint density at radius 3 is 2.54 bits per heavy atom. The van der Waals surface area contributed by atoms with Crippen molar-refractivity contribution in [1.82, 2.24) is 19.5 Å². The van der Waals surface area contributed by atoms with Crippen LogP contribution in [0.1, 0.15) is 24.2 Å². The number of benzene rings is 1. The Kier molecular flexibility index (Phi) is 4.01. The van der Waals surface area contributed by atoms with Crippen molar-refractivity contribution in [3.05, 3.63) is 53.9 Å². The summed E-state index contributed by atoms with van der Waals surface area (Å²) < 4.78 is 27.7. The molecule has 1 saturated carbocycles. The molecule has 3 heterocycles. The van der Waals surface area contributed by atoms with E-state index in [9.17, 15) is 13.6 Å². The maximum Gasteiger partial charge on any atom is 0.272 e. The number of rotatable bonds is 6. The van der Waals surface area contributed by atoms with Gasteiger partial charge in [-0.05, 0) is 30.5 Å². The SMILES string of the molecule is O=C(Cc1nc2cccc(-c3ccc(CN4CC(F)(F)C4)cc3)n2n1)C1CC1. The number of hydrogen-bond acceptors (Lipinski definition) is 4. The van der Waals surface area contributed by atoms with E-state index in [1.165, 1.54) is 0 Å². The highest BCUT2D eigenvalue weighted by molar-refractivity contribution is 5.84. The molecule has 144 valence electrons. The van der Waals surface area contributed by atoms with Crippen LogP contribution in [0.2, 0.25) is 0 Å². The van der Waals surface area contributed by atoms with Gasteiger partial charge >= 0.3 is 0 Å². The summed E-state index contributed by atoms with van der Waals surface area (Å²) in [5.74, 6) is -1.57. The maximum absolute atomic E-state index is 13.0. The van der Waals surface area contributed by atoms with Crippen LogP contribution in [0.25, 0.3) is 16.9 Å². The first-order valence-corrected chi connectivity index (χ1v) is 9.54. The molecule has 1 aliphatic carbocycles. The summed E-state index contributed by atoms with van der Waals surface area (Å²) in [5.41, 5.74) is 3.56. The highest BCUT2D eigenvalue weighted by Gasteiger charge is 2.43. The van der Waals surface area contributed by atoms with E-state index in [4.69, 9.17) is 0 Å². The number of likely N-dealkylation sites (tertiary alicyclic amines) is 1. The lowest BCUT2D eigenvalue weighted by molar-refractivity contribution is -0.133. The van der Waals surface area contributed by atoms with E-state index in [1.807, 2.05) is 42.5 Å². The Bertz CT molecular complexity index is 1030. The summed E-state index contributed by atoms with van der Waals surface area (Å²) in [5, 5.41) is 4.54. The van der Waals surface area contributed by atoms with Crippen LogP contribution in [0.4, 0.5) is 8.78 Å². The number of Topliss-reactive ketones (excluding diaryl/α,β-unsaturated/α-hetero) is 1. The minimum atomic E-state index is -2.54. The fraction of sp³-hybridized carbons (Fsp3) is 0.381. The monoisotopic (exact) mass is 382 g/mol. The molecule has 0 amide bonds. The molecule has 28 heavy (non-hydrogen) atoms. The zero-order chi connectivity index (χ0) is 19.3. The van der Waals surface area contributed by atoms with Crippen molar-refractivity contribution in [3.8, 4) is 11.3 Å². The van der Waals surface area contributed by atoms with Gasteiger partial charge in [0.2, 0.25) is 0 Å². The lowest BCUT2D eigenvalue weighted by atomic mass is 10.1. The first-order chi connectivity index (χ1) is 13.5. The number of nitrogens with zero attached hydrogens (tertiary/aromatic N) is 4. The third kappa shape index (κ3) is 3.42. The molecular formula is C21H20F2N4O. The molecular weight excluding hydrogens is 362 g/mol. The third-order valence-electron chi connectivity index (χ3n) is 5.33. The van der Waals surface area contributed by atoms with Crippen LogP contribution in [-0.4, -0.2) is 44.3 Å². The summed E-state index contributed by atoms with van der Waals surface area (Å²) in [6.45, 7) is 0.182. The number of carbonyl (C=O) groups excluding carboxylic acids is 1. The van der Waals surface area contributed by atoms with E-state index in [1.54, 1.807) is 9.42 Å². The second-order valence-corrected chi connectivity index (χ2v) is 7.82. The molecule has 0 N–H and O–H groups in total. The van der Waals surface area contributed by atoms with Gasteiger partial charge in [0.05, 0.1) is 25.2 Å². The number of halogens is 2. The van der Waals surface area contributed by atoms with Crippen molar-refractivity contribution in [3.63, 3.8) is 0 Å². The van der Waals surface area contributed by atoms with Crippen LogP contribution in [0.5, 0.6) is 0 Å². The highest BCUT2D eigenvalue weighted by Crippen LogP contribution is 2.31. The van der Waals surface area contributed by atoms with E-state index < -0.39 is 5.92 Å². The number of pyridine rings is 1. The van der Waals surface area contributed by atoms with E-state index in [2.05, 4.69) is 10.1 Å². The van der Waals surface area contributed by atoms with Crippen molar-refractivity contribution >= 4 is 11.4 Å². The van der Waals surface area contributed by atoms with Crippen LogP contribution in [0.3, 0.4) is 0 Å². The molecule has 0 spiro atoms. The summed E-state index contributed by atoms with van der Waals surface area (Å²) in [7, 11) is 0. The molecule has 2 fully saturated rings. The van der Waals surface area contributed by atoms with Gasteiger partial charge in [-0.15, -0.1) is 0 Å². The fourth-order valence-electron chi connectivity index (χ4n) is 3.71. The lowest BCUT2D eigenvalue weighted by Gasteiger charge is -2.38. The quantitative estimate of drug-likeness (QED) is 0.656. The summed E-state index contributed by atoms with van der Waals surface area (Å²) >= 11 is 0. The van der Waals surface area contributed by atoms with E-state index in [0.29, 0.717) is 18.0 Å². The Morgan fingerprint density at radius 1 is 1.11 bits per heavy atom. The van der Waals surface area contributed by atoms with Crippen molar-refractivity contribution < 1.29 is 13.6 Å². The van der Waals surface area contributed by atoms with Gasteiger partial charge < -0.3 is 0 Å². The number of hydrogen-bond donors (Lipinski definition) is 0. The molecule has 1 aliphatic heterocycles. The average Bonchev–Trinajstić information content (AvgIpc) is 3.41. The second kappa shape index (κ2) is 6.44. The average molecular weight is 382 g/mol. The van der Waals surface area contributed by atoms with Crippen LogP contribution >= 0.6 is 0 Å². The molecule has 0 bridgehead atoms. The molecule has 2 aliphatic rings. The van der Waals surface area contributed by atoms with Gasteiger partial charge in [0.25, 0.3) is 5.92 Å². The number of fused-ring (bicyclic) bond motifs is 1. The van der Waals surface area contributed by atoms with Crippen LogP contribution in [0, 0.1) is 5.92 Å².